The van der Waals surface area contributed by atoms with Gasteiger partial charge in [0.1, 0.15) is 18.2 Å². The van der Waals surface area contributed by atoms with E-state index in [0.29, 0.717) is 12.4 Å². The average molecular weight is 282 g/mol. The average Bonchev–Trinajstić information content (AvgIpc) is 2.30. The molecule has 1 aromatic carbocycles. The summed E-state index contributed by atoms with van der Waals surface area (Å²) in [5.41, 5.74) is 0.999. The first-order chi connectivity index (χ1) is 7.75. The van der Waals surface area contributed by atoms with E-state index in [9.17, 15) is 4.39 Å². The molecule has 82 valence electrons. The second-order valence-corrected chi connectivity index (χ2v) is 4.06. The fourth-order valence-electron chi connectivity index (χ4n) is 1.21. The molecule has 0 saturated heterocycles. The molecule has 0 fully saturated rings. The van der Waals surface area contributed by atoms with Gasteiger partial charge in [-0.05, 0) is 46.3 Å². The van der Waals surface area contributed by atoms with Gasteiger partial charge in [0, 0.05) is 22.4 Å². The van der Waals surface area contributed by atoms with Gasteiger partial charge in [0.05, 0.1) is 0 Å². The van der Waals surface area contributed by atoms with Crippen LogP contribution in [0.5, 0.6) is 5.75 Å². The maximum absolute atomic E-state index is 12.6. The Kier molecular flexibility index (Phi) is 3.51. The summed E-state index contributed by atoms with van der Waals surface area (Å²) in [6, 6.07) is 7.82. The predicted molar refractivity (Wildman–Crippen MR) is 62.7 cm³/mol. The number of ether oxygens (including phenoxy) is 1. The second kappa shape index (κ2) is 5.07. The summed E-state index contributed by atoms with van der Waals surface area (Å²) in [6.07, 6.45) is 3.41. The molecule has 0 aliphatic carbocycles. The van der Waals surface area contributed by atoms with E-state index in [0.717, 1.165) is 10.0 Å². The van der Waals surface area contributed by atoms with Crippen LogP contribution in [0.15, 0.2) is 47.2 Å². The highest BCUT2D eigenvalue weighted by atomic mass is 79.9. The summed E-state index contributed by atoms with van der Waals surface area (Å²) in [4.78, 5) is 3.96. The van der Waals surface area contributed by atoms with Crippen molar-refractivity contribution in [3.8, 4) is 5.75 Å². The highest BCUT2D eigenvalue weighted by molar-refractivity contribution is 9.10. The molecule has 0 unspecified atom stereocenters. The third-order valence-corrected chi connectivity index (χ3v) is 2.78. The number of halogens is 2. The predicted octanol–water partition coefficient (Wildman–Crippen LogP) is 3.56. The molecule has 1 heterocycles. The smallest absolute Gasteiger partial charge is 0.123 e. The number of hydrogen-bond acceptors (Lipinski definition) is 2. The lowest BCUT2D eigenvalue weighted by molar-refractivity contribution is 0.305. The summed E-state index contributed by atoms with van der Waals surface area (Å²) in [7, 11) is 0. The van der Waals surface area contributed by atoms with Gasteiger partial charge in [-0.25, -0.2) is 4.39 Å². The molecule has 2 rings (SSSR count). The molecule has 0 N–H and O–H groups in total. The first-order valence-corrected chi connectivity index (χ1v) is 5.52. The topological polar surface area (TPSA) is 22.1 Å². The van der Waals surface area contributed by atoms with Crippen LogP contribution >= 0.6 is 15.9 Å². The van der Waals surface area contributed by atoms with Crippen molar-refractivity contribution >= 4 is 15.9 Å². The van der Waals surface area contributed by atoms with E-state index in [-0.39, 0.29) is 5.82 Å². The van der Waals surface area contributed by atoms with Crippen molar-refractivity contribution in [3.63, 3.8) is 0 Å². The maximum Gasteiger partial charge on any atom is 0.123 e. The fraction of sp³-hybridized carbons (Fsp3) is 0.0833. The Morgan fingerprint density at radius 3 is 2.62 bits per heavy atom. The molecule has 0 radical (unpaired) electrons. The summed E-state index contributed by atoms with van der Waals surface area (Å²) < 4.78 is 19.0. The van der Waals surface area contributed by atoms with Crippen LogP contribution in [0.1, 0.15) is 5.56 Å². The molecule has 0 aliphatic rings. The highest BCUT2D eigenvalue weighted by Gasteiger charge is 2.00. The van der Waals surface area contributed by atoms with Crippen LogP contribution in [0, 0.1) is 5.82 Å². The number of rotatable bonds is 3. The highest BCUT2D eigenvalue weighted by Crippen LogP contribution is 2.18. The largest absolute Gasteiger partial charge is 0.489 e. The lowest BCUT2D eigenvalue weighted by atomic mass is 10.3. The fourth-order valence-corrected chi connectivity index (χ4v) is 1.58. The molecule has 2 nitrogen and oxygen atoms in total. The van der Waals surface area contributed by atoms with Gasteiger partial charge in [0.15, 0.2) is 0 Å². The van der Waals surface area contributed by atoms with E-state index in [4.69, 9.17) is 4.74 Å². The molecule has 1 aromatic heterocycles. The standard InChI is InChI=1S/C12H9BrFNO/c13-12-7-15-6-5-9(12)8-16-11-3-1-10(14)2-4-11/h1-7H,8H2. The van der Waals surface area contributed by atoms with Crippen LogP contribution in [0.3, 0.4) is 0 Å². The minimum atomic E-state index is -0.266. The SMILES string of the molecule is Fc1ccc(OCc2ccncc2Br)cc1. The van der Waals surface area contributed by atoms with E-state index in [1.54, 1.807) is 24.5 Å². The number of nitrogens with zero attached hydrogens (tertiary/aromatic N) is 1. The zero-order valence-electron chi connectivity index (χ0n) is 8.36. The third-order valence-electron chi connectivity index (χ3n) is 2.06. The first kappa shape index (κ1) is 11.1. The molecule has 0 amide bonds. The summed E-state index contributed by atoms with van der Waals surface area (Å²) in [6.45, 7) is 0.425. The van der Waals surface area contributed by atoms with E-state index in [1.165, 1.54) is 12.1 Å². The molecule has 16 heavy (non-hydrogen) atoms. The lowest BCUT2D eigenvalue weighted by Gasteiger charge is -2.07. The second-order valence-electron chi connectivity index (χ2n) is 3.21. The van der Waals surface area contributed by atoms with Crippen LogP contribution in [0.25, 0.3) is 0 Å². The number of aromatic nitrogens is 1. The van der Waals surface area contributed by atoms with Crippen LogP contribution in [-0.2, 0) is 6.61 Å². The molecule has 0 aliphatic heterocycles. The normalized spacial score (nSPS) is 10.1. The summed E-state index contributed by atoms with van der Waals surface area (Å²) >= 11 is 3.38. The van der Waals surface area contributed by atoms with Crippen LogP contribution < -0.4 is 4.74 Å². The number of pyridine rings is 1. The molecule has 0 saturated carbocycles. The Morgan fingerprint density at radius 1 is 1.19 bits per heavy atom. The van der Waals surface area contributed by atoms with E-state index in [2.05, 4.69) is 20.9 Å². The van der Waals surface area contributed by atoms with E-state index in [1.807, 2.05) is 6.07 Å². The van der Waals surface area contributed by atoms with Gasteiger partial charge in [-0.2, -0.15) is 0 Å². The van der Waals surface area contributed by atoms with Crippen molar-refractivity contribution in [2.45, 2.75) is 6.61 Å². The van der Waals surface area contributed by atoms with Gasteiger partial charge in [-0.15, -0.1) is 0 Å². The van der Waals surface area contributed by atoms with Gasteiger partial charge in [0.25, 0.3) is 0 Å². The van der Waals surface area contributed by atoms with Crippen LogP contribution in [0.2, 0.25) is 0 Å². The van der Waals surface area contributed by atoms with Gasteiger partial charge in [-0.3, -0.25) is 4.98 Å². The van der Waals surface area contributed by atoms with Crippen molar-refractivity contribution in [1.82, 2.24) is 4.98 Å². The quantitative estimate of drug-likeness (QED) is 0.858. The summed E-state index contributed by atoms with van der Waals surface area (Å²) in [5.74, 6) is 0.377. The van der Waals surface area contributed by atoms with Gasteiger partial charge in [0.2, 0.25) is 0 Å². The molecule has 0 atom stereocenters. The van der Waals surface area contributed by atoms with Gasteiger partial charge >= 0.3 is 0 Å². The number of benzene rings is 1. The summed E-state index contributed by atoms with van der Waals surface area (Å²) in [5, 5.41) is 0. The Bertz CT molecular complexity index is 473. The minimum Gasteiger partial charge on any atom is -0.489 e. The Balaban J connectivity index is 2.02. The molecule has 0 spiro atoms. The lowest BCUT2D eigenvalue weighted by Crippen LogP contribution is -1.96. The van der Waals surface area contributed by atoms with Crippen molar-refractivity contribution in [3.05, 3.63) is 58.6 Å². The van der Waals surface area contributed by atoms with Crippen LogP contribution in [-0.4, -0.2) is 4.98 Å². The molecular formula is C12H9BrFNO. The monoisotopic (exact) mass is 281 g/mol. The zero-order chi connectivity index (χ0) is 11.4. The molecule has 0 bridgehead atoms. The Labute approximate surface area is 101 Å². The van der Waals surface area contributed by atoms with Crippen molar-refractivity contribution < 1.29 is 9.13 Å². The first-order valence-electron chi connectivity index (χ1n) is 4.72. The molecule has 2 aromatic rings. The van der Waals surface area contributed by atoms with Crippen molar-refractivity contribution in [2.24, 2.45) is 0 Å². The Hall–Kier alpha value is -1.42. The van der Waals surface area contributed by atoms with Gasteiger partial charge < -0.3 is 4.74 Å². The van der Waals surface area contributed by atoms with E-state index >= 15 is 0 Å². The van der Waals surface area contributed by atoms with Crippen LogP contribution in [0.4, 0.5) is 4.39 Å². The van der Waals surface area contributed by atoms with Crippen molar-refractivity contribution in [1.29, 1.82) is 0 Å². The number of hydrogen-bond donors (Lipinski definition) is 0. The van der Waals surface area contributed by atoms with Crippen molar-refractivity contribution in [2.75, 3.05) is 0 Å². The maximum atomic E-state index is 12.6. The third kappa shape index (κ3) is 2.79. The molecular weight excluding hydrogens is 273 g/mol. The molecule has 4 heteroatoms. The Morgan fingerprint density at radius 2 is 1.94 bits per heavy atom. The minimum absolute atomic E-state index is 0.266. The van der Waals surface area contributed by atoms with Gasteiger partial charge in [-0.1, -0.05) is 0 Å². The van der Waals surface area contributed by atoms with E-state index < -0.39 is 0 Å². The zero-order valence-corrected chi connectivity index (χ0v) is 9.95.